The summed E-state index contributed by atoms with van der Waals surface area (Å²) in [5.41, 5.74) is 3.56. The Hall–Kier alpha value is -3.08. The van der Waals surface area contributed by atoms with Crippen LogP contribution in [-0.2, 0) is 4.79 Å². The van der Waals surface area contributed by atoms with Crippen LogP contribution in [0.2, 0.25) is 0 Å². The lowest BCUT2D eigenvalue weighted by atomic mass is 9.97. The Morgan fingerprint density at radius 1 is 1.15 bits per heavy atom. The molecule has 0 saturated heterocycles. The zero-order valence-electron chi connectivity index (χ0n) is 15.0. The molecule has 0 aliphatic carbocycles. The molecule has 0 aliphatic rings. The number of nitrogens with zero attached hydrogens (tertiary/aromatic N) is 1. The summed E-state index contributed by atoms with van der Waals surface area (Å²) in [6, 6.07) is 14.2. The van der Waals surface area contributed by atoms with Crippen molar-refractivity contribution < 1.29 is 14.3 Å². The van der Waals surface area contributed by atoms with Gasteiger partial charge in [0.05, 0.1) is 0 Å². The summed E-state index contributed by atoms with van der Waals surface area (Å²) >= 11 is 0. The number of fused-ring (bicyclic) bond motifs is 1. The number of hydrogen-bond donors (Lipinski definition) is 1. The number of anilines is 1. The Kier molecular flexibility index (Phi) is 4.80. The fraction of sp³-hybridized carbons (Fsp3) is 0.238. The Morgan fingerprint density at radius 3 is 2.54 bits per heavy atom. The van der Waals surface area contributed by atoms with Crippen LogP contribution in [0.3, 0.4) is 0 Å². The van der Waals surface area contributed by atoms with E-state index in [0.29, 0.717) is 17.7 Å². The van der Waals surface area contributed by atoms with Crippen molar-refractivity contribution in [2.45, 2.75) is 26.3 Å². The van der Waals surface area contributed by atoms with Gasteiger partial charge in [0.1, 0.15) is 11.6 Å². The van der Waals surface area contributed by atoms with E-state index >= 15 is 0 Å². The number of rotatable bonds is 5. The molecule has 26 heavy (non-hydrogen) atoms. The summed E-state index contributed by atoms with van der Waals surface area (Å²) in [5, 5.41) is 10.2. The Balaban J connectivity index is 2.17. The molecule has 5 nitrogen and oxygen atoms in total. The quantitative estimate of drug-likeness (QED) is 0.702. The van der Waals surface area contributed by atoms with Gasteiger partial charge in [-0.25, -0.2) is 9.59 Å². The smallest absolute Gasteiger partial charge is 0.336 e. The van der Waals surface area contributed by atoms with Crippen molar-refractivity contribution in [3.63, 3.8) is 0 Å². The van der Waals surface area contributed by atoms with Crippen LogP contribution in [0.5, 0.6) is 0 Å². The van der Waals surface area contributed by atoms with Gasteiger partial charge in [-0.2, -0.15) is 0 Å². The third-order valence-corrected chi connectivity index (χ3v) is 4.71. The number of aliphatic carboxylic acids is 1. The van der Waals surface area contributed by atoms with Crippen LogP contribution in [0.1, 0.15) is 18.9 Å². The van der Waals surface area contributed by atoms with Crippen molar-refractivity contribution in [1.29, 1.82) is 0 Å². The Labute approximate surface area is 151 Å². The molecule has 1 heterocycles. The maximum Gasteiger partial charge on any atom is 0.336 e. The van der Waals surface area contributed by atoms with Crippen LogP contribution in [0.15, 0.2) is 57.7 Å². The second kappa shape index (κ2) is 7.04. The third-order valence-electron chi connectivity index (χ3n) is 4.71. The summed E-state index contributed by atoms with van der Waals surface area (Å²) in [6.45, 7) is 3.82. The first kappa shape index (κ1) is 17.7. The van der Waals surface area contributed by atoms with E-state index < -0.39 is 17.6 Å². The van der Waals surface area contributed by atoms with E-state index in [1.807, 2.05) is 50.2 Å². The summed E-state index contributed by atoms with van der Waals surface area (Å²) in [4.78, 5) is 25.2. The molecule has 1 atom stereocenters. The molecule has 5 heteroatoms. The Morgan fingerprint density at radius 2 is 1.88 bits per heavy atom. The minimum Gasteiger partial charge on any atom is -0.480 e. The number of carboxylic acid groups (broad SMARTS) is 1. The van der Waals surface area contributed by atoms with Crippen LogP contribution in [0.25, 0.3) is 22.1 Å². The first-order chi connectivity index (χ1) is 12.4. The fourth-order valence-corrected chi connectivity index (χ4v) is 3.26. The number of aryl methyl sites for hydroxylation is 1. The number of benzene rings is 2. The molecular formula is C21H21NO4. The van der Waals surface area contributed by atoms with E-state index in [1.165, 1.54) is 6.07 Å². The van der Waals surface area contributed by atoms with Gasteiger partial charge in [0.25, 0.3) is 0 Å². The zero-order chi connectivity index (χ0) is 18.8. The number of hydrogen-bond acceptors (Lipinski definition) is 4. The van der Waals surface area contributed by atoms with Gasteiger partial charge in [-0.1, -0.05) is 31.2 Å². The molecule has 134 valence electrons. The standard InChI is InChI=1S/C21H21NO4/c1-4-18(21(24)25)22(3)14-9-10-16-17(12-20(23)26-19(16)11-14)15-8-6-5-7-13(15)2/h5-12,18H,4H2,1-3H3,(H,24,25)/t18-/m0/s1. The lowest BCUT2D eigenvalue weighted by molar-refractivity contribution is -0.138. The van der Waals surface area contributed by atoms with Crippen molar-refractivity contribution >= 4 is 22.6 Å². The highest BCUT2D eigenvalue weighted by atomic mass is 16.4. The predicted octanol–water partition coefficient (Wildman–Crippen LogP) is 4.07. The zero-order valence-corrected chi connectivity index (χ0v) is 15.0. The van der Waals surface area contributed by atoms with E-state index in [1.54, 1.807) is 18.0 Å². The molecular weight excluding hydrogens is 330 g/mol. The molecule has 2 aromatic carbocycles. The summed E-state index contributed by atoms with van der Waals surface area (Å²) in [6.07, 6.45) is 0.469. The van der Waals surface area contributed by atoms with Crippen LogP contribution >= 0.6 is 0 Å². The molecule has 0 amide bonds. The molecule has 0 unspecified atom stereocenters. The fourth-order valence-electron chi connectivity index (χ4n) is 3.26. The van der Waals surface area contributed by atoms with Crippen LogP contribution in [0.4, 0.5) is 5.69 Å². The van der Waals surface area contributed by atoms with Gasteiger partial charge in [-0.05, 0) is 36.6 Å². The van der Waals surface area contributed by atoms with Gasteiger partial charge in [0.15, 0.2) is 0 Å². The van der Waals surface area contributed by atoms with Gasteiger partial charge < -0.3 is 14.4 Å². The number of likely N-dealkylation sites (N-methyl/N-ethyl adjacent to an activating group) is 1. The summed E-state index contributed by atoms with van der Waals surface area (Å²) in [5.74, 6) is -0.884. The van der Waals surface area contributed by atoms with Gasteiger partial charge in [0.2, 0.25) is 0 Å². The monoisotopic (exact) mass is 351 g/mol. The van der Waals surface area contributed by atoms with Crippen LogP contribution < -0.4 is 10.5 Å². The lowest BCUT2D eigenvalue weighted by Crippen LogP contribution is -2.37. The lowest BCUT2D eigenvalue weighted by Gasteiger charge is -2.26. The molecule has 1 aromatic heterocycles. The van der Waals surface area contributed by atoms with Gasteiger partial charge in [-0.15, -0.1) is 0 Å². The highest BCUT2D eigenvalue weighted by molar-refractivity contribution is 5.95. The first-order valence-corrected chi connectivity index (χ1v) is 8.52. The second-order valence-electron chi connectivity index (χ2n) is 6.35. The van der Waals surface area contributed by atoms with Gasteiger partial charge in [0, 0.05) is 35.8 Å². The first-order valence-electron chi connectivity index (χ1n) is 8.52. The van der Waals surface area contributed by atoms with Gasteiger partial charge >= 0.3 is 11.6 Å². The number of carboxylic acids is 1. The Bertz CT molecular complexity index is 1020. The predicted molar refractivity (Wildman–Crippen MR) is 103 cm³/mol. The molecule has 0 fully saturated rings. The number of carbonyl (C=O) groups is 1. The minimum absolute atomic E-state index is 0.430. The van der Waals surface area contributed by atoms with E-state index in [0.717, 1.165) is 22.1 Å². The molecule has 3 aromatic rings. The maximum absolute atomic E-state index is 12.1. The van der Waals surface area contributed by atoms with Gasteiger partial charge in [-0.3, -0.25) is 0 Å². The molecule has 0 spiro atoms. The molecule has 0 aliphatic heterocycles. The average Bonchev–Trinajstić information content (AvgIpc) is 2.61. The van der Waals surface area contributed by atoms with E-state index in [-0.39, 0.29) is 0 Å². The van der Waals surface area contributed by atoms with E-state index in [9.17, 15) is 14.7 Å². The SMILES string of the molecule is CC[C@@H](C(=O)O)N(C)c1ccc2c(-c3ccccc3C)cc(=O)oc2c1. The van der Waals surface area contributed by atoms with Crippen molar-refractivity contribution in [1.82, 2.24) is 0 Å². The summed E-state index contributed by atoms with van der Waals surface area (Å²) < 4.78 is 5.40. The largest absolute Gasteiger partial charge is 0.480 e. The average molecular weight is 351 g/mol. The normalized spacial score (nSPS) is 12.1. The minimum atomic E-state index is -0.884. The highest BCUT2D eigenvalue weighted by Crippen LogP contribution is 2.32. The molecule has 3 rings (SSSR count). The summed E-state index contributed by atoms with van der Waals surface area (Å²) in [7, 11) is 1.73. The van der Waals surface area contributed by atoms with Crippen molar-refractivity contribution in [3.8, 4) is 11.1 Å². The van der Waals surface area contributed by atoms with E-state index in [4.69, 9.17) is 4.42 Å². The molecule has 1 N–H and O–H groups in total. The topological polar surface area (TPSA) is 70.8 Å². The van der Waals surface area contributed by atoms with Crippen molar-refractivity contribution in [2.75, 3.05) is 11.9 Å². The maximum atomic E-state index is 12.1. The third kappa shape index (κ3) is 3.20. The van der Waals surface area contributed by atoms with Crippen LogP contribution in [0, 0.1) is 6.92 Å². The van der Waals surface area contributed by atoms with Crippen molar-refractivity contribution in [3.05, 3.63) is 64.5 Å². The van der Waals surface area contributed by atoms with Crippen LogP contribution in [-0.4, -0.2) is 24.2 Å². The molecule has 0 radical (unpaired) electrons. The van der Waals surface area contributed by atoms with Crippen molar-refractivity contribution in [2.24, 2.45) is 0 Å². The molecule has 0 bridgehead atoms. The van der Waals surface area contributed by atoms with E-state index in [2.05, 4.69) is 0 Å². The highest BCUT2D eigenvalue weighted by Gasteiger charge is 2.21. The second-order valence-corrected chi connectivity index (χ2v) is 6.35. The molecule has 0 saturated carbocycles.